The number of nitrogens with one attached hydrogen (secondary N) is 2. The number of likely N-dealkylation sites (tertiary alicyclic amines) is 1. The van der Waals surface area contributed by atoms with Crippen molar-refractivity contribution in [2.75, 3.05) is 40.4 Å². The summed E-state index contributed by atoms with van der Waals surface area (Å²) in [6.07, 6.45) is 0.873. The highest BCUT2D eigenvalue weighted by atomic mass is 16.5. The molecule has 4 N–H and O–H groups in total. The minimum Gasteiger partial charge on any atom is -0.497 e. The normalized spacial score (nSPS) is 17.2. The molecule has 8 nitrogen and oxygen atoms in total. The van der Waals surface area contributed by atoms with Crippen LogP contribution in [0.4, 0.5) is 0 Å². The first kappa shape index (κ1) is 19.0. The van der Waals surface area contributed by atoms with E-state index in [1.54, 1.807) is 14.2 Å². The highest BCUT2D eigenvalue weighted by Gasteiger charge is 2.24. The molecule has 1 unspecified atom stereocenters. The van der Waals surface area contributed by atoms with Gasteiger partial charge in [0.1, 0.15) is 11.5 Å². The summed E-state index contributed by atoms with van der Waals surface area (Å²) in [4.78, 5) is 25.2. The Morgan fingerprint density at radius 1 is 1.20 bits per heavy atom. The molecule has 0 saturated carbocycles. The lowest BCUT2D eigenvalue weighted by molar-refractivity contribution is -0.125. The molecule has 1 heterocycles. The van der Waals surface area contributed by atoms with Crippen molar-refractivity contribution in [2.45, 2.75) is 19.0 Å². The van der Waals surface area contributed by atoms with E-state index in [1.807, 2.05) is 18.2 Å². The number of hydrogen-bond donors (Lipinski definition) is 3. The zero-order valence-corrected chi connectivity index (χ0v) is 14.7. The van der Waals surface area contributed by atoms with Crippen LogP contribution < -0.4 is 25.8 Å². The van der Waals surface area contributed by atoms with Gasteiger partial charge < -0.3 is 25.8 Å². The molecule has 25 heavy (non-hydrogen) atoms. The number of ether oxygens (including phenoxy) is 2. The molecule has 1 aliphatic rings. The SMILES string of the molecule is COc1cc(CN2CCC(NC(=O)CNC(=O)CN)C2)cc(OC)c1. The first-order valence-corrected chi connectivity index (χ1v) is 8.24. The molecule has 1 fully saturated rings. The predicted octanol–water partition coefficient (Wildman–Crippen LogP) is -0.531. The van der Waals surface area contributed by atoms with Gasteiger partial charge in [-0.2, -0.15) is 0 Å². The molecule has 1 aliphatic heterocycles. The Morgan fingerprint density at radius 2 is 1.88 bits per heavy atom. The fourth-order valence-electron chi connectivity index (χ4n) is 2.84. The number of carbonyl (C=O) groups is 2. The van der Waals surface area contributed by atoms with Gasteiger partial charge in [0.2, 0.25) is 11.8 Å². The highest BCUT2D eigenvalue weighted by molar-refractivity contribution is 5.85. The quantitative estimate of drug-likeness (QED) is 0.582. The molecule has 138 valence electrons. The van der Waals surface area contributed by atoms with Crippen LogP contribution in [0.2, 0.25) is 0 Å². The van der Waals surface area contributed by atoms with Crippen LogP contribution in [0.3, 0.4) is 0 Å². The molecule has 0 bridgehead atoms. The van der Waals surface area contributed by atoms with Gasteiger partial charge in [-0.15, -0.1) is 0 Å². The molecule has 2 amide bonds. The van der Waals surface area contributed by atoms with Gasteiger partial charge in [-0.1, -0.05) is 0 Å². The molecular formula is C17H26N4O4. The van der Waals surface area contributed by atoms with E-state index in [0.29, 0.717) is 0 Å². The van der Waals surface area contributed by atoms with Crippen LogP contribution in [0.1, 0.15) is 12.0 Å². The monoisotopic (exact) mass is 350 g/mol. The van der Waals surface area contributed by atoms with E-state index in [4.69, 9.17) is 15.2 Å². The molecule has 8 heteroatoms. The molecule has 0 spiro atoms. The first-order chi connectivity index (χ1) is 12.0. The fraction of sp³-hybridized carbons (Fsp3) is 0.529. The molecule has 0 aromatic heterocycles. The van der Waals surface area contributed by atoms with Gasteiger partial charge in [0, 0.05) is 31.7 Å². The van der Waals surface area contributed by atoms with Crippen molar-refractivity contribution >= 4 is 11.8 Å². The van der Waals surface area contributed by atoms with Crippen LogP contribution in [0.5, 0.6) is 11.5 Å². The van der Waals surface area contributed by atoms with E-state index in [-0.39, 0.29) is 30.9 Å². The second kappa shape index (κ2) is 9.24. The van der Waals surface area contributed by atoms with Crippen LogP contribution in [0.25, 0.3) is 0 Å². The molecule has 0 radical (unpaired) electrons. The van der Waals surface area contributed by atoms with E-state index in [0.717, 1.165) is 43.1 Å². The van der Waals surface area contributed by atoms with Gasteiger partial charge >= 0.3 is 0 Å². The van der Waals surface area contributed by atoms with Crippen molar-refractivity contribution in [3.63, 3.8) is 0 Å². The second-order valence-electron chi connectivity index (χ2n) is 5.99. The van der Waals surface area contributed by atoms with Crippen LogP contribution >= 0.6 is 0 Å². The lowest BCUT2D eigenvalue weighted by Crippen LogP contribution is -2.44. The van der Waals surface area contributed by atoms with Gasteiger partial charge in [-0.25, -0.2) is 0 Å². The smallest absolute Gasteiger partial charge is 0.239 e. The Kier molecular flexibility index (Phi) is 7.03. The summed E-state index contributed by atoms with van der Waals surface area (Å²) < 4.78 is 10.6. The van der Waals surface area contributed by atoms with Crippen molar-refractivity contribution in [3.05, 3.63) is 23.8 Å². The summed E-state index contributed by atoms with van der Waals surface area (Å²) in [6, 6.07) is 5.88. The third-order valence-electron chi connectivity index (χ3n) is 4.09. The summed E-state index contributed by atoms with van der Waals surface area (Å²) in [5.41, 5.74) is 6.28. The Bertz CT molecular complexity index is 586. The lowest BCUT2D eigenvalue weighted by Gasteiger charge is -2.18. The van der Waals surface area contributed by atoms with E-state index in [9.17, 15) is 9.59 Å². The van der Waals surface area contributed by atoms with Crippen molar-refractivity contribution in [1.82, 2.24) is 15.5 Å². The maximum absolute atomic E-state index is 11.8. The summed E-state index contributed by atoms with van der Waals surface area (Å²) >= 11 is 0. The van der Waals surface area contributed by atoms with Gasteiger partial charge in [0.25, 0.3) is 0 Å². The van der Waals surface area contributed by atoms with Crippen LogP contribution in [-0.2, 0) is 16.1 Å². The average Bonchev–Trinajstić information content (AvgIpc) is 3.05. The van der Waals surface area contributed by atoms with Crippen LogP contribution in [0, 0.1) is 0 Å². The zero-order valence-electron chi connectivity index (χ0n) is 14.7. The third-order valence-corrected chi connectivity index (χ3v) is 4.09. The standard InChI is InChI=1S/C17H26N4O4/c1-24-14-5-12(6-15(7-14)25-2)10-21-4-3-13(11-21)20-17(23)9-19-16(22)8-18/h5-7,13H,3-4,8-11,18H2,1-2H3,(H,19,22)(H,20,23). The summed E-state index contributed by atoms with van der Waals surface area (Å²) in [5.74, 6) is 0.981. The average molecular weight is 350 g/mol. The van der Waals surface area contributed by atoms with E-state index in [1.165, 1.54) is 0 Å². The van der Waals surface area contributed by atoms with Crippen LogP contribution in [-0.4, -0.2) is 63.2 Å². The number of nitrogens with two attached hydrogens (primary N) is 1. The molecular weight excluding hydrogens is 324 g/mol. The number of benzene rings is 1. The number of nitrogens with zero attached hydrogens (tertiary/aromatic N) is 1. The first-order valence-electron chi connectivity index (χ1n) is 8.24. The topological polar surface area (TPSA) is 106 Å². The Morgan fingerprint density at radius 3 is 2.48 bits per heavy atom. The summed E-state index contributed by atoms with van der Waals surface area (Å²) in [6.45, 7) is 2.24. The zero-order chi connectivity index (χ0) is 18.2. The molecule has 1 aromatic carbocycles. The van der Waals surface area contributed by atoms with Crippen molar-refractivity contribution in [2.24, 2.45) is 5.73 Å². The van der Waals surface area contributed by atoms with Gasteiger partial charge in [-0.05, 0) is 24.1 Å². The molecule has 1 atom stereocenters. The molecule has 2 rings (SSSR count). The van der Waals surface area contributed by atoms with Crippen molar-refractivity contribution < 1.29 is 19.1 Å². The fourth-order valence-corrected chi connectivity index (χ4v) is 2.84. The Hall–Kier alpha value is -2.32. The lowest BCUT2D eigenvalue weighted by atomic mass is 10.2. The number of methoxy groups -OCH3 is 2. The Balaban J connectivity index is 1.82. The molecule has 1 aromatic rings. The van der Waals surface area contributed by atoms with Crippen molar-refractivity contribution in [3.8, 4) is 11.5 Å². The molecule has 1 saturated heterocycles. The minimum atomic E-state index is -0.338. The Labute approximate surface area is 147 Å². The number of carbonyl (C=O) groups excluding carboxylic acids is 2. The predicted molar refractivity (Wildman–Crippen MR) is 93.4 cm³/mol. The number of rotatable bonds is 8. The second-order valence-corrected chi connectivity index (χ2v) is 5.99. The van der Waals surface area contributed by atoms with Crippen molar-refractivity contribution in [1.29, 1.82) is 0 Å². The van der Waals surface area contributed by atoms with E-state index >= 15 is 0 Å². The largest absolute Gasteiger partial charge is 0.497 e. The third kappa shape index (κ3) is 5.91. The highest BCUT2D eigenvalue weighted by Crippen LogP contribution is 2.24. The van der Waals surface area contributed by atoms with Gasteiger partial charge in [-0.3, -0.25) is 14.5 Å². The maximum Gasteiger partial charge on any atom is 0.239 e. The van der Waals surface area contributed by atoms with E-state index in [2.05, 4.69) is 15.5 Å². The number of hydrogen-bond acceptors (Lipinski definition) is 6. The van der Waals surface area contributed by atoms with Crippen LogP contribution in [0.15, 0.2) is 18.2 Å². The summed E-state index contributed by atoms with van der Waals surface area (Å²) in [7, 11) is 3.26. The van der Waals surface area contributed by atoms with Gasteiger partial charge in [0.05, 0.1) is 27.3 Å². The maximum atomic E-state index is 11.8. The molecule has 0 aliphatic carbocycles. The minimum absolute atomic E-state index is 0.0420. The number of amides is 2. The van der Waals surface area contributed by atoms with E-state index < -0.39 is 0 Å². The summed E-state index contributed by atoms with van der Waals surface area (Å²) in [5, 5.41) is 5.40. The van der Waals surface area contributed by atoms with Gasteiger partial charge in [0.15, 0.2) is 0 Å².